The minimum Gasteiger partial charge on any atom is -0.496 e. The second kappa shape index (κ2) is 10.3. The molecule has 3 N–H and O–H groups in total. The second-order valence-electron chi connectivity index (χ2n) is 9.50. The molecule has 1 aliphatic heterocycles. The molecule has 36 heavy (non-hydrogen) atoms. The van der Waals surface area contributed by atoms with E-state index in [1.165, 1.54) is 0 Å². The van der Waals surface area contributed by atoms with Crippen molar-refractivity contribution in [2.75, 3.05) is 19.5 Å². The normalized spacial score (nSPS) is 17.1. The molecule has 2 heterocycles. The zero-order valence-corrected chi connectivity index (χ0v) is 21.3. The molecule has 1 atom stereocenters. The molecule has 1 aromatic heterocycles. The highest BCUT2D eigenvalue weighted by Gasteiger charge is 2.36. The summed E-state index contributed by atoms with van der Waals surface area (Å²) in [6, 6.07) is 16.9. The Bertz CT molecular complexity index is 1300. The molecule has 2 aromatic carbocycles. The van der Waals surface area contributed by atoms with Gasteiger partial charge in [0.15, 0.2) is 0 Å². The van der Waals surface area contributed by atoms with E-state index in [1.54, 1.807) is 25.6 Å². The molecular formula is C29H32N4O3. The molecule has 1 aliphatic rings. The first kappa shape index (κ1) is 25.0. The number of pyridine rings is 1. The van der Waals surface area contributed by atoms with Crippen LogP contribution < -0.4 is 25.4 Å². The van der Waals surface area contributed by atoms with Crippen LogP contribution in [0.1, 0.15) is 42.3 Å². The third-order valence-corrected chi connectivity index (χ3v) is 6.04. The van der Waals surface area contributed by atoms with Crippen molar-refractivity contribution in [1.29, 1.82) is 0 Å². The monoisotopic (exact) mass is 484 g/mol. The summed E-state index contributed by atoms with van der Waals surface area (Å²) in [7, 11) is 3.38. The van der Waals surface area contributed by atoms with Gasteiger partial charge in [-0.1, -0.05) is 32.9 Å². The van der Waals surface area contributed by atoms with E-state index in [4.69, 9.17) is 9.47 Å². The molecule has 186 valence electrons. The van der Waals surface area contributed by atoms with Crippen molar-refractivity contribution in [2.24, 2.45) is 0 Å². The molecule has 7 heteroatoms. The number of ether oxygens (including phenoxy) is 2. The van der Waals surface area contributed by atoms with Gasteiger partial charge in [-0.05, 0) is 72.1 Å². The van der Waals surface area contributed by atoms with E-state index in [2.05, 4.69) is 41.7 Å². The van der Waals surface area contributed by atoms with Crippen LogP contribution in [0.2, 0.25) is 0 Å². The Labute approximate surface area is 212 Å². The standard InChI is InChI=1S/C29H32N4O3/c1-28(2,3)21-11-12-26(35-5)24(18-21)27(34)33-22-8-6-9-23(19-22)36-29(30-4)25(10-7-15-32-29)20-13-16-31-17-14-20/h6-19,30,32H,1-5H3,(H,33,34). The minimum absolute atomic E-state index is 0.0992. The maximum absolute atomic E-state index is 13.2. The van der Waals surface area contributed by atoms with Gasteiger partial charge in [0.2, 0.25) is 0 Å². The number of likely N-dealkylation sites (N-methyl/N-ethyl adjacent to an activating group) is 1. The maximum Gasteiger partial charge on any atom is 0.265 e. The Morgan fingerprint density at radius 3 is 2.53 bits per heavy atom. The van der Waals surface area contributed by atoms with E-state index in [0.717, 1.165) is 16.7 Å². The van der Waals surface area contributed by atoms with Crippen LogP contribution in [0.5, 0.6) is 11.5 Å². The molecule has 1 unspecified atom stereocenters. The van der Waals surface area contributed by atoms with Crippen molar-refractivity contribution < 1.29 is 14.3 Å². The highest BCUT2D eigenvalue weighted by atomic mass is 16.5. The Balaban J connectivity index is 1.60. The van der Waals surface area contributed by atoms with Crippen molar-refractivity contribution in [3.05, 3.63) is 102 Å². The Hall–Kier alpha value is -4.10. The van der Waals surface area contributed by atoms with Crippen LogP contribution in [0.25, 0.3) is 5.57 Å². The molecule has 0 saturated heterocycles. The number of allylic oxidation sites excluding steroid dienone is 2. The molecule has 0 radical (unpaired) electrons. The van der Waals surface area contributed by atoms with E-state index < -0.39 is 5.85 Å². The van der Waals surface area contributed by atoms with Crippen molar-refractivity contribution >= 4 is 17.2 Å². The number of hydrogen-bond acceptors (Lipinski definition) is 6. The Kier molecular flexibility index (Phi) is 7.12. The van der Waals surface area contributed by atoms with Crippen LogP contribution in [0.15, 0.2) is 85.3 Å². The lowest BCUT2D eigenvalue weighted by Gasteiger charge is -2.38. The molecule has 0 spiro atoms. The van der Waals surface area contributed by atoms with Gasteiger partial charge in [0.05, 0.1) is 12.7 Å². The number of dihydropyridines is 1. The fourth-order valence-electron chi connectivity index (χ4n) is 4.04. The third kappa shape index (κ3) is 5.26. The predicted molar refractivity (Wildman–Crippen MR) is 143 cm³/mol. The number of hydrogen-bond donors (Lipinski definition) is 3. The van der Waals surface area contributed by atoms with Gasteiger partial charge in [0.25, 0.3) is 11.8 Å². The lowest BCUT2D eigenvalue weighted by Crippen LogP contribution is -2.59. The molecule has 0 saturated carbocycles. The molecule has 3 aromatic rings. The number of amides is 1. The van der Waals surface area contributed by atoms with Gasteiger partial charge in [0, 0.05) is 35.9 Å². The van der Waals surface area contributed by atoms with E-state index in [0.29, 0.717) is 22.7 Å². The lowest BCUT2D eigenvalue weighted by molar-refractivity contribution is 0.0787. The number of nitrogens with zero attached hydrogens (tertiary/aromatic N) is 1. The van der Waals surface area contributed by atoms with E-state index in [1.807, 2.05) is 73.9 Å². The first-order chi connectivity index (χ1) is 17.3. The number of nitrogens with one attached hydrogen (secondary N) is 3. The molecule has 4 rings (SSSR count). The largest absolute Gasteiger partial charge is 0.496 e. The molecule has 1 amide bonds. The molecule has 0 aliphatic carbocycles. The summed E-state index contributed by atoms with van der Waals surface area (Å²) in [6.45, 7) is 6.33. The van der Waals surface area contributed by atoms with Crippen molar-refractivity contribution in [1.82, 2.24) is 15.6 Å². The molecule has 0 bridgehead atoms. The number of carbonyl (C=O) groups is 1. The van der Waals surface area contributed by atoms with Crippen molar-refractivity contribution in [3.63, 3.8) is 0 Å². The first-order valence-corrected chi connectivity index (χ1v) is 11.8. The van der Waals surface area contributed by atoms with Crippen LogP contribution >= 0.6 is 0 Å². The molecule has 7 nitrogen and oxygen atoms in total. The topological polar surface area (TPSA) is 84.5 Å². The van der Waals surface area contributed by atoms with Gasteiger partial charge in [-0.15, -0.1) is 0 Å². The summed E-state index contributed by atoms with van der Waals surface area (Å²) in [5.74, 6) is -0.176. The number of rotatable bonds is 7. The maximum atomic E-state index is 13.2. The van der Waals surface area contributed by atoms with Gasteiger partial charge < -0.3 is 20.1 Å². The van der Waals surface area contributed by atoms with Gasteiger partial charge in [-0.3, -0.25) is 15.1 Å². The number of carbonyl (C=O) groups excluding carboxylic acids is 1. The fourth-order valence-corrected chi connectivity index (χ4v) is 4.04. The van der Waals surface area contributed by atoms with E-state index in [-0.39, 0.29) is 11.3 Å². The average molecular weight is 485 g/mol. The number of aromatic nitrogens is 1. The zero-order chi connectivity index (χ0) is 25.8. The lowest BCUT2D eigenvalue weighted by atomic mass is 9.86. The Morgan fingerprint density at radius 1 is 1.06 bits per heavy atom. The highest BCUT2D eigenvalue weighted by molar-refractivity contribution is 6.06. The second-order valence-corrected chi connectivity index (χ2v) is 9.50. The van der Waals surface area contributed by atoms with Crippen LogP contribution in [0.4, 0.5) is 5.69 Å². The summed E-state index contributed by atoms with van der Waals surface area (Å²) < 4.78 is 11.9. The quantitative estimate of drug-likeness (QED) is 0.405. The van der Waals surface area contributed by atoms with Crippen LogP contribution in [0, 0.1) is 0 Å². The van der Waals surface area contributed by atoms with Crippen LogP contribution in [-0.2, 0) is 5.41 Å². The fraction of sp³-hybridized carbons (Fsp3) is 0.241. The number of methoxy groups -OCH3 is 1. The predicted octanol–water partition coefficient (Wildman–Crippen LogP) is 5.09. The molecule has 0 fully saturated rings. The van der Waals surface area contributed by atoms with Gasteiger partial charge >= 0.3 is 0 Å². The summed E-state index contributed by atoms with van der Waals surface area (Å²) >= 11 is 0. The van der Waals surface area contributed by atoms with Crippen molar-refractivity contribution in [2.45, 2.75) is 32.0 Å². The summed E-state index contributed by atoms with van der Waals surface area (Å²) in [6.07, 6.45) is 9.22. The van der Waals surface area contributed by atoms with Crippen LogP contribution in [0.3, 0.4) is 0 Å². The zero-order valence-electron chi connectivity index (χ0n) is 21.3. The molecular weight excluding hydrogens is 452 g/mol. The third-order valence-electron chi connectivity index (χ3n) is 6.04. The SMILES string of the molecule is CNC1(Oc2cccc(NC(=O)c3cc(C(C)(C)C)ccc3OC)c2)NC=CC=C1c1ccncc1. The van der Waals surface area contributed by atoms with Gasteiger partial charge in [-0.25, -0.2) is 0 Å². The summed E-state index contributed by atoms with van der Waals surface area (Å²) in [5.41, 5.74) is 3.89. The Morgan fingerprint density at radius 2 is 1.83 bits per heavy atom. The smallest absolute Gasteiger partial charge is 0.265 e. The van der Waals surface area contributed by atoms with Gasteiger partial charge in [-0.2, -0.15) is 0 Å². The highest BCUT2D eigenvalue weighted by Crippen LogP contribution is 2.32. The van der Waals surface area contributed by atoms with E-state index >= 15 is 0 Å². The van der Waals surface area contributed by atoms with Gasteiger partial charge in [0.1, 0.15) is 11.5 Å². The van der Waals surface area contributed by atoms with Crippen molar-refractivity contribution in [3.8, 4) is 11.5 Å². The summed E-state index contributed by atoms with van der Waals surface area (Å²) in [4.78, 5) is 17.4. The van der Waals surface area contributed by atoms with E-state index in [9.17, 15) is 4.79 Å². The average Bonchev–Trinajstić information content (AvgIpc) is 2.88. The first-order valence-electron chi connectivity index (χ1n) is 11.8. The number of anilines is 1. The van der Waals surface area contributed by atoms with Crippen LogP contribution in [-0.4, -0.2) is 30.9 Å². The summed E-state index contributed by atoms with van der Waals surface area (Å²) in [5, 5.41) is 9.54. The number of benzene rings is 2. The minimum atomic E-state index is -1.01.